The van der Waals surface area contributed by atoms with Gasteiger partial charge in [-0.05, 0) is 109 Å². The van der Waals surface area contributed by atoms with E-state index < -0.39 is 44.3 Å². The van der Waals surface area contributed by atoms with E-state index >= 15 is 0 Å². The second-order valence-electron chi connectivity index (χ2n) is 21.7. The summed E-state index contributed by atoms with van der Waals surface area (Å²) in [6.07, 6.45) is 0. The molecule has 308 valence electrons. The van der Waals surface area contributed by atoms with E-state index in [1.54, 1.807) is 0 Å². The van der Waals surface area contributed by atoms with Crippen LogP contribution in [0.4, 0.5) is 5.69 Å². The molecule has 0 spiro atoms. The van der Waals surface area contributed by atoms with E-state index in [0.29, 0.717) is 39.1 Å². The van der Waals surface area contributed by atoms with Crippen LogP contribution in [0, 0.1) is 4.91 Å². The molecule has 3 aromatic carbocycles. The van der Waals surface area contributed by atoms with Crippen molar-refractivity contribution in [3.8, 4) is 11.5 Å². The number of hydrogen-bond acceptors (Lipinski definition) is 7. The molecule has 0 atom stereocenters. The van der Waals surface area contributed by atoms with Crippen molar-refractivity contribution in [1.82, 2.24) is 13.7 Å². The first-order valence-corrected chi connectivity index (χ1v) is 20.0. The van der Waals surface area contributed by atoms with Crippen LogP contribution in [0.1, 0.15) is 168 Å². The Labute approximate surface area is 337 Å². The van der Waals surface area contributed by atoms with Crippen LogP contribution < -0.4 is 21.8 Å². The maximum absolute atomic E-state index is 14.7. The largest absolute Gasteiger partial charge is 0.507 e. The van der Waals surface area contributed by atoms with E-state index in [4.69, 9.17) is 4.74 Å². The van der Waals surface area contributed by atoms with Gasteiger partial charge >= 0.3 is 17.1 Å². The average Bonchev–Trinajstić information content (AvgIpc) is 3.04. The van der Waals surface area contributed by atoms with Gasteiger partial charge in [0.15, 0.2) is 0 Å². The molecule has 0 unspecified atom stereocenters. The lowest BCUT2D eigenvalue weighted by Gasteiger charge is -2.42. The van der Waals surface area contributed by atoms with E-state index in [1.165, 1.54) is 0 Å². The molecular formula is C47H64N4O6. The Hall–Kier alpha value is -4.73. The Balaban J connectivity index is 1.82. The molecule has 0 saturated heterocycles. The van der Waals surface area contributed by atoms with Gasteiger partial charge in [-0.25, -0.2) is 28.1 Å². The first-order valence-electron chi connectivity index (χ1n) is 20.0. The molecule has 5 rings (SSSR count). The minimum Gasteiger partial charge on any atom is -0.507 e. The standard InChI is InChI=1S/C47H64N4O6/c1-42(2,3)30-18-27(19-31(36(30)48-56)43(4,5)6)24-49-39(53)50(25-28-20-32(44(7,8)9)37(52)33(21-28)45(10,11)12)41(55)51(40(49)54)26-29-22-34(46(13,14)15)38-35(23-29)47(16,17)57-38/h18-23,52H,24-26H2,1-17H3. The summed E-state index contributed by atoms with van der Waals surface area (Å²) in [7, 11) is 0. The predicted molar refractivity (Wildman–Crippen MR) is 230 cm³/mol. The first kappa shape index (κ1) is 43.4. The summed E-state index contributed by atoms with van der Waals surface area (Å²) < 4.78 is 9.60. The van der Waals surface area contributed by atoms with Gasteiger partial charge in [0.1, 0.15) is 22.8 Å². The monoisotopic (exact) mass is 780 g/mol. The van der Waals surface area contributed by atoms with Crippen LogP contribution in [0.25, 0.3) is 0 Å². The quantitative estimate of drug-likeness (QED) is 0.186. The second kappa shape index (κ2) is 14.0. The molecule has 0 fully saturated rings. The molecule has 0 saturated carbocycles. The number of fused-ring (bicyclic) bond motifs is 1. The lowest BCUT2D eigenvalue weighted by atomic mass is 9.77. The topological polar surface area (TPSA) is 125 Å². The number of nitrogens with zero attached hydrogens (tertiary/aromatic N) is 4. The lowest BCUT2D eigenvalue weighted by Crippen LogP contribution is -2.55. The third-order valence-electron chi connectivity index (χ3n) is 11.0. The van der Waals surface area contributed by atoms with E-state index in [0.717, 1.165) is 36.1 Å². The van der Waals surface area contributed by atoms with Crippen LogP contribution in [0.15, 0.2) is 56.0 Å². The normalized spacial score (nSPS) is 14.5. The van der Waals surface area contributed by atoms with Gasteiger partial charge in [-0.15, -0.1) is 4.91 Å². The molecule has 10 heteroatoms. The van der Waals surface area contributed by atoms with Gasteiger partial charge in [0.25, 0.3) is 0 Å². The van der Waals surface area contributed by atoms with Crippen LogP contribution in [-0.2, 0) is 52.3 Å². The Morgan fingerprint density at radius 2 is 0.825 bits per heavy atom. The zero-order valence-corrected chi connectivity index (χ0v) is 37.4. The van der Waals surface area contributed by atoms with Crippen molar-refractivity contribution >= 4 is 5.69 Å². The maximum Gasteiger partial charge on any atom is 0.336 e. The van der Waals surface area contributed by atoms with Gasteiger partial charge < -0.3 is 9.84 Å². The molecule has 10 nitrogen and oxygen atoms in total. The lowest BCUT2D eigenvalue weighted by molar-refractivity contribution is 0.0483. The zero-order chi connectivity index (χ0) is 43.2. The number of ether oxygens (including phenoxy) is 1. The van der Waals surface area contributed by atoms with Gasteiger partial charge in [-0.2, -0.15) is 0 Å². The van der Waals surface area contributed by atoms with Crippen LogP contribution in [-0.4, -0.2) is 18.8 Å². The van der Waals surface area contributed by atoms with Crippen molar-refractivity contribution < 1.29 is 9.84 Å². The summed E-state index contributed by atoms with van der Waals surface area (Å²) >= 11 is 0. The molecule has 0 bridgehead atoms. The minimum absolute atomic E-state index is 0.0745. The van der Waals surface area contributed by atoms with E-state index in [-0.39, 0.29) is 30.8 Å². The summed E-state index contributed by atoms with van der Waals surface area (Å²) in [6.45, 7) is 33.9. The SMILES string of the molecule is CC(C)(C)c1cc(Cn2c(=O)n(Cc3cc(C(C)(C)C)c(N=O)c(C(C)(C)C)c3)c(=O)n(Cc3cc(C(C)(C)C)c4c(c3)C(C)(C)O4)c2=O)cc(C(C)(C)C)c1O. The maximum atomic E-state index is 14.7. The fourth-order valence-electron chi connectivity index (χ4n) is 7.75. The summed E-state index contributed by atoms with van der Waals surface area (Å²) in [5.41, 5.74) is 2.26. The van der Waals surface area contributed by atoms with Crippen LogP contribution in [0.5, 0.6) is 11.5 Å². The van der Waals surface area contributed by atoms with Gasteiger partial charge in [-0.1, -0.05) is 116 Å². The van der Waals surface area contributed by atoms with Gasteiger partial charge in [-0.3, -0.25) is 0 Å². The minimum atomic E-state index is -0.752. The molecule has 0 aliphatic carbocycles. The average molecular weight is 781 g/mol. The predicted octanol–water partition coefficient (Wildman–Crippen LogP) is 9.54. The molecule has 0 amide bonds. The Morgan fingerprint density at radius 1 is 0.526 bits per heavy atom. The van der Waals surface area contributed by atoms with E-state index in [1.807, 2.05) is 133 Å². The van der Waals surface area contributed by atoms with Crippen LogP contribution in [0.3, 0.4) is 0 Å². The van der Waals surface area contributed by atoms with Crippen molar-refractivity contribution in [2.75, 3.05) is 0 Å². The third kappa shape index (κ3) is 8.33. The smallest absolute Gasteiger partial charge is 0.336 e. The van der Waals surface area contributed by atoms with Crippen molar-refractivity contribution in [1.29, 1.82) is 0 Å². The molecule has 57 heavy (non-hydrogen) atoms. The van der Waals surface area contributed by atoms with Gasteiger partial charge in [0, 0.05) is 11.1 Å². The number of nitroso groups, excluding NO2 is 1. The molecule has 1 aliphatic rings. The highest BCUT2D eigenvalue weighted by Gasteiger charge is 2.41. The number of hydrogen-bond donors (Lipinski definition) is 1. The van der Waals surface area contributed by atoms with Crippen molar-refractivity contribution in [2.24, 2.45) is 5.18 Å². The molecular weight excluding hydrogens is 717 g/mol. The summed E-state index contributed by atoms with van der Waals surface area (Å²) in [5.74, 6) is 1.01. The number of aromatic nitrogens is 3. The highest BCUT2D eigenvalue weighted by Crippen LogP contribution is 2.50. The Kier molecular flexibility index (Phi) is 10.6. The number of phenolic OH excluding ortho intramolecular Hbond substituents is 1. The molecule has 1 N–H and O–H groups in total. The Morgan fingerprint density at radius 3 is 1.12 bits per heavy atom. The van der Waals surface area contributed by atoms with Crippen molar-refractivity contribution in [3.05, 3.63) is 123 Å². The first-order chi connectivity index (χ1) is 25.8. The van der Waals surface area contributed by atoms with Crippen LogP contribution in [0.2, 0.25) is 0 Å². The van der Waals surface area contributed by atoms with E-state index in [2.05, 4.69) is 25.9 Å². The van der Waals surface area contributed by atoms with Crippen LogP contribution >= 0.6 is 0 Å². The molecule has 2 heterocycles. The zero-order valence-electron chi connectivity index (χ0n) is 37.4. The highest BCUT2D eigenvalue weighted by molar-refractivity contribution is 5.60. The Bertz CT molecular complexity index is 2370. The van der Waals surface area contributed by atoms with E-state index in [9.17, 15) is 24.4 Å². The molecule has 1 aromatic heterocycles. The molecule has 1 aliphatic heterocycles. The van der Waals surface area contributed by atoms with Gasteiger partial charge in [0.2, 0.25) is 0 Å². The molecule has 4 aromatic rings. The van der Waals surface area contributed by atoms with Crippen molar-refractivity contribution in [2.45, 2.75) is 170 Å². The fraction of sp³-hybridized carbons (Fsp3) is 0.553. The third-order valence-corrected chi connectivity index (χ3v) is 11.0. The highest BCUT2D eigenvalue weighted by atomic mass is 16.5. The fourth-order valence-corrected chi connectivity index (χ4v) is 7.75. The summed E-state index contributed by atoms with van der Waals surface area (Å²) in [5, 5.41) is 14.9. The molecule has 0 radical (unpaired) electrons. The second-order valence-corrected chi connectivity index (χ2v) is 21.7. The number of aromatic hydroxyl groups is 1. The summed E-state index contributed by atoms with van der Waals surface area (Å²) in [6, 6.07) is 11.4. The van der Waals surface area contributed by atoms with Gasteiger partial charge in [0.05, 0.1) is 19.6 Å². The van der Waals surface area contributed by atoms with Crippen molar-refractivity contribution in [3.63, 3.8) is 0 Å². The number of rotatable bonds is 7. The number of phenols is 1. The number of benzene rings is 3. The summed E-state index contributed by atoms with van der Waals surface area (Å²) in [4.78, 5) is 56.4.